The summed E-state index contributed by atoms with van der Waals surface area (Å²) in [5, 5.41) is 1.12. The van der Waals surface area contributed by atoms with Crippen LogP contribution < -0.4 is 4.74 Å². The highest BCUT2D eigenvalue weighted by molar-refractivity contribution is 6.35. The molecule has 0 atom stereocenters. The maximum Gasteiger partial charge on any atom is 0.212 e. The summed E-state index contributed by atoms with van der Waals surface area (Å²) >= 11 is 12.0. The fourth-order valence-electron chi connectivity index (χ4n) is 2.00. The van der Waals surface area contributed by atoms with E-state index in [9.17, 15) is 4.39 Å². The third kappa shape index (κ3) is 3.97. The second-order valence-corrected chi connectivity index (χ2v) is 5.65. The lowest BCUT2D eigenvalue weighted by Crippen LogP contribution is -1.97. The van der Waals surface area contributed by atoms with Crippen LogP contribution in [0.4, 0.5) is 4.39 Å². The molecule has 0 unspecified atom stereocenters. The van der Waals surface area contributed by atoms with Crippen molar-refractivity contribution in [1.82, 2.24) is 9.97 Å². The number of pyridine rings is 2. The van der Waals surface area contributed by atoms with Crippen LogP contribution in [0.2, 0.25) is 10.0 Å². The van der Waals surface area contributed by atoms with Crippen molar-refractivity contribution >= 4 is 23.2 Å². The highest BCUT2D eigenvalue weighted by atomic mass is 35.5. The summed E-state index contributed by atoms with van der Waals surface area (Å²) in [4.78, 5) is 7.77. The van der Waals surface area contributed by atoms with Gasteiger partial charge in [0.25, 0.3) is 0 Å². The number of hydrogen-bond donors (Lipinski definition) is 0. The summed E-state index contributed by atoms with van der Waals surface area (Å²) in [5.74, 6) is 0.0596. The van der Waals surface area contributed by atoms with E-state index in [1.165, 1.54) is 12.3 Å². The number of nitrogens with zero attached hydrogens (tertiary/aromatic N) is 2. The second-order valence-electron chi connectivity index (χ2n) is 4.80. The number of benzene rings is 1. The van der Waals surface area contributed by atoms with Crippen molar-refractivity contribution in [2.45, 2.75) is 6.61 Å². The van der Waals surface area contributed by atoms with E-state index in [4.69, 9.17) is 27.9 Å². The Bertz CT molecular complexity index is 825. The van der Waals surface area contributed by atoms with Gasteiger partial charge in [-0.25, -0.2) is 4.98 Å². The van der Waals surface area contributed by atoms with Crippen LogP contribution in [0.15, 0.2) is 55.0 Å². The van der Waals surface area contributed by atoms with Gasteiger partial charge in [0.1, 0.15) is 12.4 Å². The molecular weight excluding hydrogens is 338 g/mol. The predicted octanol–water partition coefficient (Wildman–Crippen LogP) is 5.17. The summed E-state index contributed by atoms with van der Waals surface area (Å²) in [7, 11) is 0. The van der Waals surface area contributed by atoms with Crippen LogP contribution in [-0.4, -0.2) is 9.97 Å². The van der Waals surface area contributed by atoms with Crippen molar-refractivity contribution in [2.75, 3.05) is 0 Å². The molecule has 3 nitrogen and oxygen atoms in total. The van der Waals surface area contributed by atoms with Gasteiger partial charge in [-0.2, -0.15) is 4.39 Å². The van der Waals surface area contributed by atoms with Gasteiger partial charge in [0, 0.05) is 39.1 Å². The Hall–Kier alpha value is -2.17. The molecule has 3 rings (SSSR count). The summed E-state index contributed by atoms with van der Waals surface area (Å²) in [5.41, 5.74) is 2.37. The SMILES string of the molecule is Fc1ccc(-c2cncc(OCc3ccc(Cl)cc3Cl)c2)cn1. The Kier molecular flexibility index (Phi) is 4.74. The Balaban J connectivity index is 1.76. The minimum atomic E-state index is -0.522. The van der Waals surface area contributed by atoms with Crippen LogP contribution >= 0.6 is 23.2 Å². The van der Waals surface area contributed by atoms with E-state index in [1.54, 1.807) is 30.6 Å². The van der Waals surface area contributed by atoms with E-state index in [-0.39, 0.29) is 0 Å². The standard InChI is InChI=1S/C17H11Cl2FN2O/c18-14-3-1-12(16(19)6-14)10-23-15-5-13(7-21-9-15)11-2-4-17(20)22-8-11/h1-9H,10H2. The molecular formula is C17H11Cl2FN2O. The van der Waals surface area contributed by atoms with Crippen molar-refractivity contribution in [3.05, 3.63) is 76.5 Å². The average Bonchev–Trinajstić information content (AvgIpc) is 2.55. The number of aromatic nitrogens is 2. The molecule has 2 aromatic heterocycles. The zero-order valence-electron chi connectivity index (χ0n) is 11.8. The van der Waals surface area contributed by atoms with Gasteiger partial charge >= 0.3 is 0 Å². The fourth-order valence-corrected chi connectivity index (χ4v) is 2.47. The van der Waals surface area contributed by atoms with Gasteiger partial charge in [0.15, 0.2) is 0 Å². The van der Waals surface area contributed by atoms with E-state index in [0.717, 1.165) is 16.7 Å². The van der Waals surface area contributed by atoms with E-state index < -0.39 is 5.95 Å². The molecule has 0 aliphatic heterocycles. The van der Waals surface area contributed by atoms with Gasteiger partial charge in [-0.15, -0.1) is 0 Å². The first-order chi connectivity index (χ1) is 11.1. The van der Waals surface area contributed by atoms with Crippen molar-refractivity contribution in [3.63, 3.8) is 0 Å². The highest BCUT2D eigenvalue weighted by Gasteiger charge is 2.05. The molecule has 0 bridgehead atoms. The summed E-state index contributed by atoms with van der Waals surface area (Å²) in [6, 6.07) is 9.98. The Labute approximate surface area is 142 Å². The minimum absolute atomic E-state index is 0.294. The smallest absolute Gasteiger partial charge is 0.212 e. The first kappa shape index (κ1) is 15.7. The van der Waals surface area contributed by atoms with Gasteiger partial charge < -0.3 is 4.74 Å². The summed E-state index contributed by atoms with van der Waals surface area (Å²) in [6.07, 6.45) is 4.72. The summed E-state index contributed by atoms with van der Waals surface area (Å²) < 4.78 is 18.6. The highest BCUT2D eigenvalue weighted by Crippen LogP contribution is 2.25. The molecule has 0 spiro atoms. The maximum absolute atomic E-state index is 12.9. The largest absolute Gasteiger partial charge is 0.487 e. The van der Waals surface area contributed by atoms with Crippen molar-refractivity contribution in [3.8, 4) is 16.9 Å². The normalized spacial score (nSPS) is 10.6. The van der Waals surface area contributed by atoms with E-state index in [1.807, 2.05) is 12.1 Å². The van der Waals surface area contributed by atoms with Gasteiger partial charge in [-0.1, -0.05) is 29.3 Å². The third-order valence-electron chi connectivity index (χ3n) is 3.18. The zero-order valence-corrected chi connectivity index (χ0v) is 13.4. The molecule has 0 fully saturated rings. The van der Waals surface area contributed by atoms with Gasteiger partial charge in [-0.3, -0.25) is 4.98 Å². The molecule has 23 heavy (non-hydrogen) atoms. The zero-order chi connectivity index (χ0) is 16.2. The number of hydrogen-bond acceptors (Lipinski definition) is 3. The van der Waals surface area contributed by atoms with Crippen LogP contribution in [0.3, 0.4) is 0 Å². The summed E-state index contributed by atoms with van der Waals surface area (Å²) in [6.45, 7) is 0.294. The van der Waals surface area contributed by atoms with Crippen LogP contribution in [0.5, 0.6) is 5.75 Å². The average molecular weight is 349 g/mol. The van der Waals surface area contributed by atoms with Crippen LogP contribution in [0.1, 0.15) is 5.56 Å². The van der Waals surface area contributed by atoms with Crippen molar-refractivity contribution in [1.29, 1.82) is 0 Å². The van der Waals surface area contributed by atoms with Gasteiger partial charge in [-0.05, 0) is 30.3 Å². The lowest BCUT2D eigenvalue weighted by Gasteiger charge is -2.09. The molecule has 0 aliphatic rings. The van der Waals surface area contributed by atoms with Crippen molar-refractivity contribution < 1.29 is 9.13 Å². The van der Waals surface area contributed by atoms with E-state index in [0.29, 0.717) is 22.4 Å². The van der Waals surface area contributed by atoms with E-state index >= 15 is 0 Å². The lowest BCUT2D eigenvalue weighted by atomic mass is 10.1. The molecule has 6 heteroatoms. The molecule has 0 amide bonds. The number of rotatable bonds is 4. The second kappa shape index (κ2) is 6.94. The van der Waals surface area contributed by atoms with Gasteiger partial charge in [0.2, 0.25) is 5.95 Å². The van der Waals surface area contributed by atoms with Crippen LogP contribution in [-0.2, 0) is 6.61 Å². The van der Waals surface area contributed by atoms with Crippen molar-refractivity contribution in [2.24, 2.45) is 0 Å². The Morgan fingerprint density at radius 1 is 0.957 bits per heavy atom. The topological polar surface area (TPSA) is 35.0 Å². The van der Waals surface area contributed by atoms with E-state index in [2.05, 4.69) is 9.97 Å². The molecule has 0 aliphatic carbocycles. The number of ether oxygens (including phenoxy) is 1. The molecule has 1 aromatic carbocycles. The molecule has 0 saturated heterocycles. The third-order valence-corrected chi connectivity index (χ3v) is 3.77. The first-order valence-corrected chi connectivity index (χ1v) is 7.51. The maximum atomic E-state index is 12.9. The molecule has 0 saturated carbocycles. The van der Waals surface area contributed by atoms with Crippen LogP contribution in [0, 0.1) is 5.95 Å². The monoisotopic (exact) mass is 348 g/mol. The Morgan fingerprint density at radius 3 is 2.57 bits per heavy atom. The predicted molar refractivity (Wildman–Crippen MR) is 88.2 cm³/mol. The lowest BCUT2D eigenvalue weighted by molar-refractivity contribution is 0.305. The molecule has 116 valence electrons. The molecule has 2 heterocycles. The molecule has 0 N–H and O–H groups in total. The number of halogens is 3. The fraction of sp³-hybridized carbons (Fsp3) is 0.0588. The quantitative estimate of drug-likeness (QED) is 0.610. The minimum Gasteiger partial charge on any atom is -0.487 e. The first-order valence-electron chi connectivity index (χ1n) is 6.75. The molecule has 0 radical (unpaired) electrons. The Morgan fingerprint density at radius 2 is 1.83 bits per heavy atom. The van der Waals surface area contributed by atoms with Crippen LogP contribution in [0.25, 0.3) is 11.1 Å². The van der Waals surface area contributed by atoms with Gasteiger partial charge in [0.05, 0.1) is 6.20 Å². The molecule has 3 aromatic rings.